The first kappa shape index (κ1) is 17.3. The summed E-state index contributed by atoms with van der Waals surface area (Å²) in [6, 6.07) is 1.40. The van der Waals surface area contributed by atoms with E-state index in [0.29, 0.717) is 0 Å². The average molecular weight is 329 g/mol. The third-order valence-electron chi connectivity index (χ3n) is 3.46. The Kier molecular flexibility index (Phi) is 5.66. The number of carbonyl (C=O) groups is 1. The first-order valence-corrected chi connectivity index (χ1v) is 6.95. The van der Waals surface area contributed by atoms with E-state index >= 15 is 0 Å². The molecule has 0 unspecified atom stereocenters. The lowest BCUT2D eigenvalue weighted by Gasteiger charge is -2.22. The number of aliphatic hydroxyl groups excluding tert-OH is 2. The molecule has 0 amide bonds. The lowest BCUT2D eigenvalue weighted by atomic mass is 10.1. The zero-order valence-electron chi connectivity index (χ0n) is 12.5. The van der Waals surface area contributed by atoms with Gasteiger partial charge in [0, 0.05) is 6.20 Å². The van der Waals surface area contributed by atoms with Crippen LogP contribution in [-0.2, 0) is 19.0 Å². The van der Waals surface area contributed by atoms with E-state index < -0.39 is 42.8 Å². The monoisotopic (exact) mass is 329 g/mol. The molecule has 0 bridgehead atoms. The Bertz CT molecular complexity index is 605. The minimum Gasteiger partial charge on any atom is -0.469 e. The molecule has 2 heterocycles. The second kappa shape index (κ2) is 7.51. The Morgan fingerprint density at radius 1 is 1.57 bits per heavy atom. The summed E-state index contributed by atoms with van der Waals surface area (Å²) in [5.74, 6) is -0.424. The van der Waals surface area contributed by atoms with Gasteiger partial charge in [0.15, 0.2) is 6.23 Å². The summed E-state index contributed by atoms with van der Waals surface area (Å²) in [5.41, 5.74) is 4.75. The average Bonchev–Trinajstić information content (AvgIpc) is 2.83. The molecule has 0 aliphatic carbocycles. The molecular weight excluding hydrogens is 310 g/mol. The molecule has 0 radical (unpaired) electrons. The van der Waals surface area contributed by atoms with E-state index in [1.807, 2.05) is 0 Å². The minimum absolute atomic E-state index is 0.0227. The molecule has 1 saturated heterocycles. The van der Waals surface area contributed by atoms with Gasteiger partial charge < -0.3 is 30.2 Å². The molecule has 1 aromatic heterocycles. The Morgan fingerprint density at radius 2 is 2.30 bits per heavy atom. The van der Waals surface area contributed by atoms with Crippen molar-refractivity contribution in [1.82, 2.24) is 9.55 Å². The van der Waals surface area contributed by atoms with Crippen molar-refractivity contribution in [2.24, 2.45) is 0 Å². The Morgan fingerprint density at radius 3 is 2.91 bits per heavy atom. The van der Waals surface area contributed by atoms with Crippen LogP contribution >= 0.6 is 0 Å². The van der Waals surface area contributed by atoms with Crippen molar-refractivity contribution in [1.29, 1.82) is 0 Å². The second-order valence-corrected chi connectivity index (χ2v) is 4.94. The molecule has 1 aromatic rings. The van der Waals surface area contributed by atoms with Gasteiger partial charge in [-0.25, -0.2) is 4.79 Å². The highest BCUT2D eigenvalue weighted by molar-refractivity contribution is 5.69. The van der Waals surface area contributed by atoms with Crippen molar-refractivity contribution in [3.05, 3.63) is 22.7 Å². The molecule has 1 aliphatic rings. The van der Waals surface area contributed by atoms with E-state index in [1.165, 1.54) is 19.4 Å². The van der Waals surface area contributed by atoms with Crippen molar-refractivity contribution in [2.45, 2.75) is 31.0 Å². The van der Waals surface area contributed by atoms with Crippen LogP contribution in [0, 0.1) is 0 Å². The predicted molar refractivity (Wildman–Crippen MR) is 76.3 cm³/mol. The Balaban J connectivity index is 2.17. The summed E-state index contributed by atoms with van der Waals surface area (Å²) >= 11 is 0. The number of aromatic nitrogens is 2. The fourth-order valence-electron chi connectivity index (χ4n) is 2.27. The van der Waals surface area contributed by atoms with Crippen molar-refractivity contribution >= 4 is 11.8 Å². The summed E-state index contributed by atoms with van der Waals surface area (Å²) in [5, 5.41) is 19.4. The molecule has 2 rings (SSSR count). The second-order valence-electron chi connectivity index (χ2n) is 4.94. The molecule has 1 fully saturated rings. The molecule has 0 aromatic carbocycles. The number of hydrogen-bond acceptors (Lipinski definition) is 9. The Labute approximate surface area is 131 Å². The third kappa shape index (κ3) is 3.85. The van der Waals surface area contributed by atoms with E-state index in [4.69, 9.17) is 15.2 Å². The van der Waals surface area contributed by atoms with Crippen molar-refractivity contribution in [3.63, 3.8) is 0 Å². The van der Waals surface area contributed by atoms with Crippen LogP contribution < -0.4 is 11.4 Å². The molecule has 23 heavy (non-hydrogen) atoms. The SMILES string of the molecule is COC(=O)CCO[C@@H]1[C@H](O)[C@@H](CO)O[C@H]1n1ccc(N)nc1=O. The number of hydrogen-bond donors (Lipinski definition) is 3. The summed E-state index contributed by atoms with van der Waals surface area (Å²) in [7, 11) is 1.25. The van der Waals surface area contributed by atoms with Crippen molar-refractivity contribution in [2.75, 3.05) is 26.1 Å². The zero-order valence-corrected chi connectivity index (χ0v) is 12.5. The van der Waals surface area contributed by atoms with Gasteiger partial charge in [-0.1, -0.05) is 0 Å². The summed E-state index contributed by atoms with van der Waals surface area (Å²) in [6.07, 6.45) is -2.72. The number of nitrogen functional groups attached to an aromatic ring is 1. The van der Waals surface area contributed by atoms with Gasteiger partial charge in [0.05, 0.1) is 26.7 Å². The van der Waals surface area contributed by atoms with E-state index in [1.54, 1.807) is 0 Å². The van der Waals surface area contributed by atoms with Gasteiger partial charge in [-0.3, -0.25) is 9.36 Å². The van der Waals surface area contributed by atoms with Crippen LogP contribution in [0.3, 0.4) is 0 Å². The maximum atomic E-state index is 11.9. The molecule has 1 aliphatic heterocycles. The first-order valence-electron chi connectivity index (χ1n) is 6.95. The molecule has 10 nitrogen and oxygen atoms in total. The van der Waals surface area contributed by atoms with E-state index in [0.717, 1.165) is 4.57 Å². The largest absolute Gasteiger partial charge is 0.469 e. The van der Waals surface area contributed by atoms with E-state index in [-0.39, 0.29) is 18.8 Å². The number of ether oxygens (including phenoxy) is 3. The first-order chi connectivity index (χ1) is 11.0. The van der Waals surface area contributed by atoms with Gasteiger partial charge in [-0.15, -0.1) is 0 Å². The Hall–Kier alpha value is -2.01. The molecular formula is C13H19N3O7. The standard InChI is InChI=1S/C13H19N3O7/c1-21-9(18)3-5-22-11-10(19)7(6-17)23-12(11)16-4-2-8(14)15-13(16)20/h2,4,7,10-12,17,19H,3,5-6H2,1H3,(H2,14,15,20)/t7-,10-,11-,12-/m1/s1. The minimum atomic E-state index is -1.17. The van der Waals surface area contributed by atoms with E-state index in [2.05, 4.69) is 9.72 Å². The maximum absolute atomic E-state index is 11.9. The number of aliphatic hydroxyl groups is 2. The lowest BCUT2D eigenvalue weighted by Crippen LogP contribution is -2.38. The van der Waals surface area contributed by atoms with Crippen LogP contribution in [0.25, 0.3) is 0 Å². The van der Waals surface area contributed by atoms with Crippen LogP contribution in [0.5, 0.6) is 0 Å². The summed E-state index contributed by atoms with van der Waals surface area (Å²) < 4.78 is 16.5. The van der Waals surface area contributed by atoms with Crippen molar-refractivity contribution in [3.8, 4) is 0 Å². The number of nitrogens with two attached hydrogens (primary N) is 1. The lowest BCUT2D eigenvalue weighted by molar-refractivity contribution is -0.143. The number of methoxy groups -OCH3 is 1. The number of esters is 1. The van der Waals surface area contributed by atoms with Gasteiger partial charge in [0.25, 0.3) is 0 Å². The summed E-state index contributed by atoms with van der Waals surface area (Å²) in [6.45, 7) is -0.491. The van der Waals surface area contributed by atoms with Gasteiger partial charge in [0.2, 0.25) is 0 Å². The zero-order chi connectivity index (χ0) is 17.0. The van der Waals surface area contributed by atoms with E-state index in [9.17, 15) is 19.8 Å². The quantitative estimate of drug-likeness (QED) is 0.505. The normalized spacial score (nSPS) is 27.1. The van der Waals surface area contributed by atoms with Gasteiger partial charge >= 0.3 is 11.7 Å². The highest BCUT2D eigenvalue weighted by atomic mass is 16.6. The predicted octanol–water partition coefficient (Wildman–Crippen LogP) is -1.98. The van der Waals surface area contributed by atoms with Gasteiger partial charge in [0.1, 0.15) is 24.1 Å². The molecule has 4 N–H and O–H groups in total. The fourth-order valence-corrected chi connectivity index (χ4v) is 2.27. The van der Waals surface area contributed by atoms with Crippen LogP contribution in [0.2, 0.25) is 0 Å². The van der Waals surface area contributed by atoms with Crippen LogP contribution in [0.4, 0.5) is 5.82 Å². The number of anilines is 1. The maximum Gasteiger partial charge on any atom is 0.351 e. The highest BCUT2D eigenvalue weighted by Gasteiger charge is 2.45. The van der Waals surface area contributed by atoms with Gasteiger partial charge in [-0.2, -0.15) is 4.98 Å². The topological polar surface area (TPSA) is 146 Å². The molecule has 0 saturated carbocycles. The smallest absolute Gasteiger partial charge is 0.351 e. The number of rotatable bonds is 6. The molecule has 128 valence electrons. The van der Waals surface area contributed by atoms with Crippen LogP contribution in [0.15, 0.2) is 17.1 Å². The molecule has 10 heteroatoms. The van der Waals surface area contributed by atoms with Crippen LogP contribution in [-0.4, -0.2) is 64.4 Å². The van der Waals surface area contributed by atoms with Crippen molar-refractivity contribution < 1.29 is 29.2 Å². The summed E-state index contributed by atoms with van der Waals surface area (Å²) in [4.78, 5) is 26.6. The highest BCUT2D eigenvalue weighted by Crippen LogP contribution is 2.30. The number of nitrogens with zero attached hydrogens (tertiary/aromatic N) is 2. The fraction of sp³-hybridized carbons (Fsp3) is 0.615. The van der Waals surface area contributed by atoms with Crippen LogP contribution in [0.1, 0.15) is 12.6 Å². The molecule has 4 atom stereocenters. The third-order valence-corrected chi connectivity index (χ3v) is 3.46. The van der Waals surface area contributed by atoms with Gasteiger partial charge in [-0.05, 0) is 6.07 Å². The number of carbonyl (C=O) groups excluding carboxylic acids is 1. The molecule has 0 spiro atoms.